The van der Waals surface area contributed by atoms with Crippen molar-refractivity contribution < 1.29 is 9.67 Å². The van der Waals surface area contributed by atoms with Gasteiger partial charge in [-0.05, 0) is 18.8 Å². The zero-order chi connectivity index (χ0) is 11.3. The van der Waals surface area contributed by atoms with Crippen molar-refractivity contribution in [2.24, 2.45) is 5.92 Å². The monoisotopic (exact) mass is 211 g/mol. The fourth-order valence-corrected chi connectivity index (χ4v) is 1.47. The summed E-state index contributed by atoms with van der Waals surface area (Å²) in [5, 5.41) is 9.41. The summed E-state index contributed by atoms with van der Waals surface area (Å²) in [5.74, 6) is 0.721. The van der Waals surface area contributed by atoms with Crippen LogP contribution in [-0.4, -0.2) is 10.1 Å². The highest BCUT2D eigenvalue weighted by atomic mass is 16.3. The van der Waals surface area contributed by atoms with Crippen molar-refractivity contribution in [1.29, 1.82) is 0 Å². The third-order valence-corrected chi connectivity index (χ3v) is 2.34. The average Bonchev–Trinajstić information content (AvgIpc) is 2.14. The van der Waals surface area contributed by atoms with Crippen molar-refractivity contribution >= 4 is 0 Å². The highest BCUT2D eigenvalue weighted by Gasteiger charge is 2.07. The number of hydrogen-bond donors (Lipinski definition) is 2. The molecule has 0 saturated heterocycles. The zero-order valence-electron chi connectivity index (χ0n) is 9.36. The lowest BCUT2D eigenvalue weighted by Gasteiger charge is -2.03. The van der Waals surface area contributed by atoms with Gasteiger partial charge >= 0.3 is 11.6 Å². The average molecular weight is 211 g/mol. The first kappa shape index (κ1) is 11.8. The summed E-state index contributed by atoms with van der Waals surface area (Å²) >= 11 is 0. The summed E-state index contributed by atoms with van der Waals surface area (Å²) < 4.78 is 1.65. The number of unbranched alkanes of at least 4 members (excludes halogenated alkanes) is 1. The molecule has 0 fully saturated rings. The molecule has 1 heterocycles. The van der Waals surface area contributed by atoms with Crippen LogP contribution in [0.2, 0.25) is 0 Å². The molecule has 0 aliphatic carbocycles. The summed E-state index contributed by atoms with van der Waals surface area (Å²) in [7, 11) is 0. The molecule has 4 nitrogen and oxygen atoms in total. The van der Waals surface area contributed by atoms with Crippen LogP contribution in [0.15, 0.2) is 17.1 Å². The van der Waals surface area contributed by atoms with Crippen LogP contribution in [0.4, 0.5) is 0 Å². The summed E-state index contributed by atoms with van der Waals surface area (Å²) in [6, 6.07) is 1.36. The standard InChI is InChI=1S/C11H18N2O2/c1-9(2)5-3-4-7-13-8-6-10(14)12-11(13)15/h6,8-9H,3-5,7H2,1-2H3,(H,12,14,15)/p+1. The summed E-state index contributed by atoms with van der Waals surface area (Å²) in [4.78, 5) is 13.2. The van der Waals surface area contributed by atoms with Gasteiger partial charge in [0.15, 0.2) is 0 Å². The Hall–Kier alpha value is -1.32. The van der Waals surface area contributed by atoms with Gasteiger partial charge in [0, 0.05) is 0 Å². The Labute approximate surface area is 89.6 Å². The van der Waals surface area contributed by atoms with Crippen LogP contribution >= 0.6 is 0 Å². The van der Waals surface area contributed by atoms with Gasteiger partial charge in [0.05, 0.1) is 12.6 Å². The Morgan fingerprint density at radius 1 is 1.47 bits per heavy atom. The van der Waals surface area contributed by atoms with Crippen molar-refractivity contribution in [3.05, 3.63) is 22.6 Å². The summed E-state index contributed by atoms with van der Waals surface area (Å²) in [6.07, 6.45) is 4.97. The Bertz CT molecular complexity index is 358. The van der Waals surface area contributed by atoms with Crippen molar-refractivity contribution in [2.75, 3.05) is 0 Å². The molecule has 0 saturated carbocycles. The Morgan fingerprint density at radius 3 is 2.80 bits per heavy atom. The van der Waals surface area contributed by atoms with E-state index < -0.39 is 0 Å². The molecule has 15 heavy (non-hydrogen) atoms. The number of aryl methyl sites for hydroxylation is 1. The number of hydrogen-bond acceptors (Lipinski definition) is 2. The molecular formula is C11H19N2O2+. The van der Waals surface area contributed by atoms with Gasteiger partial charge in [-0.25, -0.2) is 9.36 Å². The van der Waals surface area contributed by atoms with E-state index in [0.717, 1.165) is 25.3 Å². The molecule has 0 aliphatic rings. The molecule has 1 aromatic rings. The molecule has 0 aromatic carbocycles. The number of rotatable bonds is 5. The van der Waals surface area contributed by atoms with Crippen molar-refractivity contribution in [3.8, 4) is 6.01 Å². The normalized spacial score (nSPS) is 10.9. The van der Waals surface area contributed by atoms with E-state index in [9.17, 15) is 9.90 Å². The van der Waals surface area contributed by atoms with E-state index in [1.54, 1.807) is 10.8 Å². The second kappa shape index (κ2) is 5.53. The van der Waals surface area contributed by atoms with Gasteiger partial charge < -0.3 is 5.11 Å². The van der Waals surface area contributed by atoms with Gasteiger partial charge in [0.1, 0.15) is 6.20 Å². The van der Waals surface area contributed by atoms with Gasteiger partial charge in [0.25, 0.3) is 0 Å². The van der Waals surface area contributed by atoms with E-state index in [0.29, 0.717) is 0 Å². The molecule has 0 radical (unpaired) electrons. The molecule has 1 aromatic heterocycles. The molecule has 0 unspecified atom stereocenters. The van der Waals surface area contributed by atoms with Crippen molar-refractivity contribution in [1.82, 2.24) is 4.98 Å². The van der Waals surface area contributed by atoms with Gasteiger partial charge in [0.2, 0.25) is 0 Å². The third kappa shape index (κ3) is 4.14. The van der Waals surface area contributed by atoms with Crippen LogP contribution in [0.1, 0.15) is 33.1 Å². The molecule has 0 aliphatic heterocycles. The Kier molecular flexibility index (Phi) is 4.34. The van der Waals surface area contributed by atoms with Crippen LogP contribution in [0.25, 0.3) is 0 Å². The SMILES string of the molecule is CC(C)CCCC[n+]1ccc(=O)[nH]c1O. The van der Waals surface area contributed by atoms with E-state index in [2.05, 4.69) is 18.8 Å². The second-order valence-corrected chi connectivity index (χ2v) is 4.21. The smallest absolute Gasteiger partial charge is 0.446 e. The number of nitrogens with one attached hydrogen (secondary N) is 1. The topological polar surface area (TPSA) is 57.0 Å². The molecule has 0 bridgehead atoms. The van der Waals surface area contributed by atoms with Gasteiger partial charge in [-0.2, -0.15) is 4.98 Å². The van der Waals surface area contributed by atoms with E-state index >= 15 is 0 Å². The number of nitrogens with zero attached hydrogens (tertiary/aromatic N) is 1. The summed E-state index contributed by atoms with van der Waals surface area (Å²) in [6.45, 7) is 5.14. The van der Waals surface area contributed by atoms with E-state index in [4.69, 9.17) is 0 Å². The fraction of sp³-hybridized carbons (Fsp3) is 0.636. The van der Waals surface area contributed by atoms with E-state index in [1.165, 1.54) is 12.5 Å². The predicted molar refractivity (Wildman–Crippen MR) is 57.6 cm³/mol. The Balaban J connectivity index is 2.41. The number of H-pyrrole nitrogens is 1. The Morgan fingerprint density at radius 2 is 2.20 bits per heavy atom. The minimum Gasteiger partial charge on any atom is -0.446 e. The van der Waals surface area contributed by atoms with E-state index in [-0.39, 0.29) is 11.6 Å². The van der Waals surface area contributed by atoms with Crippen molar-refractivity contribution in [3.63, 3.8) is 0 Å². The second-order valence-electron chi connectivity index (χ2n) is 4.21. The highest BCUT2D eigenvalue weighted by Crippen LogP contribution is 2.06. The lowest BCUT2D eigenvalue weighted by molar-refractivity contribution is -0.706. The number of aromatic amines is 1. The number of aromatic hydroxyl groups is 1. The molecule has 84 valence electrons. The van der Waals surface area contributed by atoms with Gasteiger partial charge in [-0.15, -0.1) is 0 Å². The lowest BCUT2D eigenvalue weighted by atomic mass is 10.1. The third-order valence-electron chi connectivity index (χ3n) is 2.34. The predicted octanol–water partition coefficient (Wildman–Crippen LogP) is 1.19. The maximum atomic E-state index is 10.8. The first-order chi connectivity index (χ1) is 7.09. The first-order valence-corrected chi connectivity index (χ1v) is 5.41. The number of aromatic nitrogens is 2. The first-order valence-electron chi connectivity index (χ1n) is 5.41. The van der Waals surface area contributed by atoms with Crippen LogP contribution in [0.3, 0.4) is 0 Å². The molecule has 0 amide bonds. The molecular weight excluding hydrogens is 192 g/mol. The molecule has 4 heteroatoms. The summed E-state index contributed by atoms with van der Waals surface area (Å²) in [5.41, 5.74) is -0.272. The van der Waals surface area contributed by atoms with Gasteiger partial charge in [-0.1, -0.05) is 20.3 Å². The van der Waals surface area contributed by atoms with Crippen LogP contribution < -0.4 is 10.1 Å². The van der Waals surface area contributed by atoms with Crippen molar-refractivity contribution in [2.45, 2.75) is 39.7 Å². The van der Waals surface area contributed by atoms with E-state index in [1.807, 2.05) is 0 Å². The quantitative estimate of drug-likeness (QED) is 0.568. The van der Waals surface area contributed by atoms with Gasteiger partial charge in [-0.3, -0.25) is 0 Å². The lowest BCUT2D eigenvalue weighted by Crippen LogP contribution is -2.36. The van der Waals surface area contributed by atoms with Crippen LogP contribution in [0, 0.1) is 5.92 Å². The minimum atomic E-state index is -0.272. The highest BCUT2D eigenvalue weighted by molar-refractivity contribution is 4.82. The molecule has 0 atom stereocenters. The maximum Gasteiger partial charge on any atom is 0.454 e. The van der Waals surface area contributed by atoms with Crippen LogP contribution in [0.5, 0.6) is 6.01 Å². The molecule has 0 spiro atoms. The fourth-order valence-electron chi connectivity index (χ4n) is 1.47. The zero-order valence-corrected chi connectivity index (χ0v) is 9.36. The molecule has 1 rings (SSSR count). The minimum absolute atomic E-state index is 0.0629. The maximum absolute atomic E-state index is 10.8. The van der Waals surface area contributed by atoms with Crippen LogP contribution in [-0.2, 0) is 6.54 Å². The largest absolute Gasteiger partial charge is 0.454 e. The molecule has 2 N–H and O–H groups in total.